The van der Waals surface area contributed by atoms with Gasteiger partial charge in [-0.25, -0.2) is 9.97 Å². The number of nitrogens with zero attached hydrogens (tertiary/aromatic N) is 8. The van der Waals surface area contributed by atoms with Crippen LogP contribution in [0.25, 0.3) is 22.7 Å². The number of nitrogens with two attached hydrogens (primary N) is 1. The number of pyridine rings is 1. The number of anilines is 1. The number of carbonyl (C=O) groups is 1. The zero-order valence-electron chi connectivity index (χ0n) is 21.9. The van der Waals surface area contributed by atoms with Crippen molar-refractivity contribution < 1.29 is 14.1 Å². The Labute approximate surface area is 227 Å². The van der Waals surface area contributed by atoms with Crippen molar-refractivity contribution in [3.05, 3.63) is 54.5 Å². The van der Waals surface area contributed by atoms with Crippen LogP contribution in [0.1, 0.15) is 46.0 Å². The number of likely N-dealkylation sites (tertiary alicyclic amines) is 1. The molecule has 2 atom stereocenters. The van der Waals surface area contributed by atoms with Crippen molar-refractivity contribution in [1.82, 2.24) is 39.8 Å². The van der Waals surface area contributed by atoms with Gasteiger partial charge in [-0.05, 0) is 30.9 Å². The number of nitrogen functional groups attached to an aromatic ring is 1. The molecule has 12 heteroatoms. The van der Waals surface area contributed by atoms with Crippen molar-refractivity contribution in [1.29, 1.82) is 0 Å². The summed E-state index contributed by atoms with van der Waals surface area (Å²) in [6.45, 7) is 7.71. The average Bonchev–Trinajstić information content (AvgIpc) is 3.69. The van der Waals surface area contributed by atoms with E-state index in [1.54, 1.807) is 41.5 Å². The van der Waals surface area contributed by atoms with Crippen molar-refractivity contribution in [3.8, 4) is 22.7 Å². The van der Waals surface area contributed by atoms with Crippen LogP contribution in [0.3, 0.4) is 0 Å². The number of hydrogen-bond acceptors (Lipinski definition) is 10. The van der Waals surface area contributed by atoms with E-state index in [9.17, 15) is 4.79 Å². The van der Waals surface area contributed by atoms with E-state index < -0.39 is 5.41 Å². The molecule has 1 amide bonds. The first-order valence-electron chi connectivity index (χ1n) is 12.5. The monoisotopic (exact) mass is 533 g/mol. The summed E-state index contributed by atoms with van der Waals surface area (Å²) in [7, 11) is 1.67. The first kappa shape index (κ1) is 27.8. The summed E-state index contributed by atoms with van der Waals surface area (Å²) in [6.07, 6.45) is 9.43. The molecule has 4 aromatic heterocycles. The van der Waals surface area contributed by atoms with Gasteiger partial charge in [0.15, 0.2) is 5.82 Å². The smallest absolute Gasteiger partial charge is 0.261 e. The Morgan fingerprint density at radius 3 is 2.59 bits per heavy atom. The van der Waals surface area contributed by atoms with E-state index in [0.29, 0.717) is 30.4 Å². The van der Waals surface area contributed by atoms with Gasteiger partial charge in [-0.3, -0.25) is 14.5 Å². The van der Waals surface area contributed by atoms with Gasteiger partial charge < -0.3 is 19.9 Å². The van der Waals surface area contributed by atoms with Gasteiger partial charge in [0.1, 0.15) is 6.54 Å². The molecule has 5 heterocycles. The molecule has 0 aliphatic carbocycles. The van der Waals surface area contributed by atoms with Crippen LogP contribution in [0.5, 0.6) is 0 Å². The zero-order valence-corrected chi connectivity index (χ0v) is 21.9. The van der Waals surface area contributed by atoms with Crippen LogP contribution in [0.15, 0.2) is 47.6 Å². The minimum atomic E-state index is -0.565. The molecule has 39 heavy (non-hydrogen) atoms. The molecule has 1 aliphatic heterocycles. The summed E-state index contributed by atoms with van der Waals surface area (Å²) in [6, 6.07) is 3.92. The molecule has 206 valence electrons. The molecule has 0 saturated carbocycles. The van der Waals surface area contributed by atoms with Crippen LogP contribution in [0, 0.1) is 5.92 Å². The molecule has 2 N–H and O–H groups in total. The molecule has 0 bridgehead atoms. The maximum atomic E-state index is 12.7. The van der Waals surface area contributed by atoms with Gasteiger partial charge in [0, 0.05) is 50.6 Å². The van der Waals surface area contributed by atoms with Crippen molar-refractivity contribution in [2.75, 3.05) is 25.9 Å². The second-order valence-corrected chi connectivity index (χ2v) is 9.95. The molecule has 0 radical (unpaired) electrons. The van der Waals surface area contributed by atoms with Gasteiger partial charge in [0.25, 0.3) is 5.89 Å². The number of aromatic nitrogens is 7. The highest BCUT2D eigenvalue weighted by Gasteiger charge is 2.38. The highest BCUT2D eigenvalue weighted by molar-refractivity contribution is 5.76. The predicted octanol–water partition coefficient (Wildman–Crippen LogP) is 3.21. The van der Waals surface area contributed by atoms with Crippen LogP contribution < -0.4 is 5.73 Å². The number of hydrogen-bond donors (Lipinski definition) is 1. The topological polar surface area (TPSA) is 151 Å². The number of methoxy groups -OCH3 is 1. The molecule has 1 saturated heterocycles. The van der Waals surface area contributed by atoms with E-state index in [4.69, 9.17) is 20.0 Å². The van der Waals surface area contributed by atoms with Gasteiger partial charge in [-0.15, -0.1) is 0 Å². The van der Waals surface area contributed by atoms with E-state index in [1.165, 1.54) is 0 Å². The minimum absolute atomic E-state index is 0. The Balaban J connectivity index is 0.00000353. The summed E-state index contributed by atoms with van der Waals surface area (Å²) in [5, 5.41) is 8.66. The average molecular weight is 534 g/mol. The highest BCUT2D eigenvalue weighted by Crippen LogP contribution is 2.38. The summed E-state index contributed by atoms with van der Waals surface area (Å²) >= 11 is 0. The molecule has 4 aromatic rings. The fourth-order valence-corrected chi connectivity index (χ4v) is 4.56. The number of carbonyl (C=O) groups excluding carboxylic acids is 1. The van der Waals surface area contributed by atoms with E-state index in [0.717, 1.165) is 23.2 Å². The Hall–Kier alpha value is -4.19. The lowest BCUT2D eigenvalue weighted by molar-refractivity contribution is -0.131. The molecular weight excluding hydrogens is 498 g/mol. The summed E-state index contributed by atoms with van der Waals surface area (Å²) in [4.78, 5) is 31.9. The number of ether oxygens (including phenoxy) is 1. The largest absolute Gasteiger partial charge is 0.380 e. The fourth-order valence-electron chi connectivity index (χ4n) is 4.56. The summed E-state index contributed by atoms with van der Waals surface area (Å²) < 4.78 is 12.6. The van der Waals surface area contributed by atoms with Crippen LogP contribution in [-0.2, 0) is 21.5 Å². The number of rotatable bonds is 8. The van der Waals surface area contributed by atoms with E-state index in [1.807, 2.05) is 18.3 Å². The van der Waals surface area contributed by atoms with Gasteiger partial charge in [-0.1, -0.05) is 32.5 Å². The van der Waals surface area contributed by atoms with Crippen LogP contribution in [0.4, 0.5) is 5.95 Å². The second-order valence-electron chi connectivity index (χ2n) is 9.95. The number of amides is 1. The lowest BCUT2D eigenvalue weighted by atomic mass is 9.73. The lowest BCUT2D eigenvalue weighted by Gasteiger charge is -2.30. The lowest BCUT2D eigenvalue weighted by Crippen LogP contribution is -2.33. The van der Waals surface area contributed by atoms with Gasteiger partial charge >= 0.3 is 0 Å². The minimum Gasteiger partial charge on any atom is -0.380 e. The zero-order chi connectivity index (χ0) is 26.9. The van der Waals surface area contributed by atoms with Gasteiger partial charge in [-0.2, -0.15) is 10.1 Å². The normalized spacial score (nSPS) is 16.7. The van der Waals surface area contributed by atoms with Crippen LogP contribution in [-0.4, -0.2) is 72.0 Å². The maximum Gasteiger partial charge on any atom is 0.261 e. The first-order chi connectivity index (χ1) is 18.3. The Kier molecular flexibility index (Phi) is 8.05. The van der Waals surface area contributed by atoms with E-state index in [2.05, 4.69) is 46.0 Å². The van der Waals surface area contributed by atoms with Crippen LogP contribution in [0.2, 0.25) is 0 Å². The van der Waals surface area contributed by atoms with Crippen molar-refractivity contribution >= 4 is 11.9 Å². The maximum absolute atomic E-state index is 12.7. The second kappa shape index (κ2) is 11.3. The van der Waals surface area contributed by atoms with E-state index in [-0.39, 0.29) is 37.8 Å². The molecule has 5 rings (SSSR count). The molecular formula is C27H35N9O3. The third kappa shape index (κ3) is 5.51. The highest BCUT2D eigenvalue weighted by atomic mass is 16.5. The standard InChI is InChI=1S/C26H31N9O3.CH4/c1-16(2)26(3,19-5-6-21(28-12-19)17-9-29-25(27)30-10-17)24-32-23(38-33-24)18-11-31-35(13-18)15-22(36)34-8-7-20(14-34)37-4;/h5-6,9-13,16,20H,7-8,14-15H2,1-4H3,(H2,27,29,30);1H4/t20?,26-;/m1./s1. The molecule has 12 nitrogen and oxygen atoms in total. The van der Waals surface area contributed by atoms with Gasteiger partial charge in [0.05, 0.1) is 29.0 Å². The Morgan fingerprint density at radius 1 is 1.18 bits per heavy atom. The Bertz CT molecular complexity index is 1400. The van der Waals surface area contributed by atoms with Gasteiger partial charge in [0.2, 0.25) is 11.9 Å². The summed E-state index contributed by atoms with van der Waals surface area (Å²) in [5.74, 6) is 1.24. The van der Waals surface area contributed by atoms with Crippen molar-refractivity contribution in [3.63, 3.8) is 0 Å². The molecule has 1 aliphatic rings. The van der Waals surface area contributed by atoms with Crippen molar-refractivity contribution in [2.45, 2.75) is 52.7 Å². The molecule has 1 fully saturated rings. The van der Waals surface area contributed by atoms with Crippen molar-refractivity contribution in [2.24, 2.45) is 5.92 Å². The first-order valence-corrected chi connectivity index (χ1v) is 12.5. The molecule has 1 unspecified atom stereocenters. The third-order valence-corrected chi connectivity index (χ3v) is 7.38. The molecule has 0 spiro atoms. The SMILES string of the molecule is C.COC1CCN(C(=O)Cn2cc(-c3nc([C@@](C)(c4ccc(-c5cnc(N)nc5)nc4)C(C)C)no3)cn2)C1. The van der Waals surface area contributed by atoms with Crippen LogP contribution >= 0.6 is 0 Å². The summed E-state index contributed by atoms with van der Waals surface area (Å²) in [5.41, 5.74) is 8.14. The fraction of sp³-hybridized carbons (Fsp3) is 0.444. The van der Waals surface area contributed by atoms with E-state index >= 15 is 0 Å². The third-order valence-electron chi connectivity index (χ3n) is 7.38. The quantitative estimate of drug-likeness (QED) is 0.357. The Morgan fingerprint density at radius 2 is 1.95 bits per heavy atom. The predicted molar refractivity (Wildman–Crippen MR) is 145 cm³/mol. The molecule has 0 aromatic carbocycles.